The van der Waals surface area contributed by atoms with Crippen LogP contribution in [0.15, 0.2) is 66.7 Å². The van der Waals surface area contributed by atoms with Gasteiger partial charge in [0, 0.05) is 11.3 Å². The molecule has 0 saturated carbocycles. The predicted octanol–water partition coefficient (Wildman–Crippen LogP) is 6.90. The number of nitrogen functional groups attached to an aromatic ring is 1. The van der Waals surface area contributed by atoms with Crippen LogP contribution in [0.25, 0.3) is 22.3 Å². The minimum absolute atomic E-state index is 0.150. The molecule has 0 aliphatic rings. The molecule has 2 N–H and O–H groups in total. The second-order valence-electron chi connectivity index (χ2n) is 7.15. The molecular weight excluding hydrogens is 388 g/mol. The fourth-order valence-electron chi connectivity index (χ4n) is 4.16. The Labute approximate surface area is 179 Å². The Hall–Kier alpha value is -1.68. The summed E-state index contributed by atoms with van der Waals surface area (Å²) < 4.78 is 0. The van der Waals surface area contributed by atoms with E-state index in [0.717, 1.165) is 5.69 Å². The van der Waals surface area contributed by atoms with Crippen LogP contribution in [0.3, 0.4) is 0 Å². The van der Waals surface area contributed by atoms with Gasteiger partial charge in [-0.3, -0.25) is 0 Å². The van der Waals surface area contributed by atoms with E-state index in [9.17, 15) is 0 Å². The van der Waals surface area contributed by atoms with Crippen LogP contribution >= 0.6 is 15.8 Å². The monoisotopic (exact) mass is 421 g/mol. The number of rotatable bonds is 8. The second kappa shape index (κ2) is 10.4. The molecule has 0 bridgehead atoms. The largest absolute Gasteiger partial charge is 0.398 e. The van der Waals surface area contributed by atoms with E-state index >= 15 is 0 Å². The van der Waals surface area contributed by atoms with Crippen molar-refractivity contribution in [3.63, 3.8) is 0 Å². The van der Waals surface area contributed by atoms with E-state index in [1.54, 1.807) is 0 Å². The third kappa shape index (κ3) is 4.58. The zero-order chi connectivity index (χ0) is 20.8. The SMILES string of the molecule is CCP(CC)c1ccccc1-c1cccc(N)c1-c1ccccc1P(CC)CC. The van der Waals surface area contributed by atoms with Gasteiger partial charge < -0.3 is 5.73 Å². The average Bonchev–Trinajstić information content (AvgIpc) is 2.76. The maximum absolute atomic E-state index is 6.65. The van der Waals surface area contributed by atoms with E-state index in [4.69, 9.17) is 5.73 Å². The van der Waals surface area contributed by atoms with Gasteiger partial charge in [-0.15, -0.1) is 0 Å². The first-order valence-corrected chi connectivity index (χ1v) is 14.2. The van der Waals surface area contributed by atoms with Crippen LogP contribution in [0.4, 0.5) is 5.69 Å². The summed E-state index contributed by atoms with van der Waals surface area (Å²) in [4.78, 5) is 0. The molecule has 0 amide bonds. The topological polar surface area (TPSA) is 26.0 Å². The summed E-state index contributed by atoms with van der Waals surface area (Å²) in [7, 11) is -0.317. The van der Waals surface area contributed by atoms with E-state index in [1.807, 2.05) is 0 Å². The lowest BCUT2D eigenvalue weighted by Gasteiger charge is -2.24. The van der Waals surface area contributed by atoms with Crippen molar-refractivity contribution < 1.29 is 0 Å². The van der Waals surface area contributed by atoms with E-state index in [1.165, 1.54) is 57.5 Å². The summed E-state index contributed by atoms with van der Waals surface area (Å²) in [6.07, 6.45) is 4.85. The highest BCUT2D eigenvalue weighted by molar-refractivity contribution is 7.66. The molecule has 0 unspecified atom stereocenters. The van der Waals surface area contributed by atoms with Gasteiger partial charge in [0.2, 0.25) is 0 Å². The quantitative estimate of drug-likeness (QED) is 0.311. The van der Waals surface area contributed by atoms with Crippen molar-refractivity contribution in [3.05, 3.63) is 66.7 Å². The summed E-state index contributed by atoms with van der Waals surface area (Å²) >= 11 is 0. The van der Waals surface area contributed by atoms with Gasteiger partial charge in [0.1, 0.15) is 0 Å². The summed E-state index contributed by atoms with van der Waals surface area (Å²) in [6.45, 7) is 9.26. The molecule has 0 aromatic heterocycles. The highest BCUT2D eigenvalue weighted by Gasteiger charge is 2.20. The number of nitrogens with two attached hydrogens (primary N) is 1. The molecule has 0 aliphatic heterocycles. The minimum Gasteiger partial charge on any atom is -0.398 e. The fraction of sp³-hybridized carbons (Fsp3) is 0.308. The van der Waals surface area contributed by atoms with Crippen molar-refractivity contribution in [2.45, 2.75) is 27.7 Å². The first kappa shape index (κ1) is 22.0. The molecule has 0 aliphatic carbocycles. The maximum atomic E-state index is 6.65. The molecule has 0 fully saturated rings. The third-order valence-electron chi connectivity index (χ3n) is 5.67. The molecule has 152 valence electrons. The molecule has 0 saturated heterocycles. The molecular formula is C26H33NP2. The molecule has 0 heterocycles. The normalized spacial score (nSPS) is 11.4. The lowest BCUT2D eigenvalue weighted by molar-refractivity contribution is 1.42. The van der Waals surface area contributed by atoms with Crippen LogP contribution in [0, 0.1) is 0 Å². The Bertz CT molecular complexity index is 943. The first-order valence-electron chi connectivity index (χ1n) is 10.7. The van der Waals surface area contributed by atoms with Gasteiger partial charge in [-0.05, 0) is 58.0 Å². The van der Waals surface area contributed by atoms with E-state index < -0.39 is 0 Å². The van der Waals surface area contributed by atoms with Gasteiger partial charge in [0.15, 0.2) is 0 Å². The third-order valence-corrected chi connectivity index (χ3v) is 10.9. The van der Waals surface area contributed by atoms with Crippen LogP contribution in [0.2, 0.25) is 0 Å². The molecule has 3 heteroatoms. The van der Waals surface area contributed by atoms with Crippen molar-refractivity contribution in [2.75, 3.05) is 30.4 Å². The van der Waals surface area contributed by atoms with Crippen molar-refractivity contribution in [2.24, 2.45) is 0 Å². The average molecular weight is 422 g/mol. The van der Waals surface area contributed by atoms with E-state index in [0.29, 0.717) is 0 Å². The van der Waals surface area contributed by atoms with Gasteiger partial charge >= 0.3 is 0 Å². The Morgan fingerprint density at radius 1 is 0.552 bits per heavy atom. The van der Waals surface area contributed by atoms with Gasteiger partial charge in [-0.2, -0.15) is 0 Å². The lowest BCUT2D eigenvalue weighted by Crippen LogP contribution is -2.12. The molecule has 0 spiro atoms. The summed E-state index contributed by atoms with van der Waals surface area (Å²) in [6, 6.07) is 24.3. The number of benzene rings is 3. The number of hydrogen-bond acceptors (Lipinski definition) is 1. The Kier molecular flexibility index (Phi) is 7.88. The summed E-state index contributed by atoms with van der Waals surface area (Å²) in [5, 5.41) is 2.99. The number of anilines is 1. The predicted molar refractivity (Wildman–Crippen MR) is 137 cm³/mol. The maximum Gasteiger partial charge on any atom is 0.0400 e. The van der Waals surface area contributed by atoms with Gasteiger partial charge in [-0.1, -0.05) is 104 Å². The Morgan fingerprint density at radius 2 is 1.00 bits per heavy atom. The smallest absolute Gasteiger partial charge is 0.0400 e. The van der Waals surface area contributed by atoms with E-state index in [-0.39, 0.29) is 15.8 Å². The molecule has 3 rings (SSSR count). The number of hydrogen-bond donors (Lipinski definition) is 1. The van der Waals surface area contributed by atoms with Gasteiger partial charge in [-0.25, -0.2) is 0 Å². The lowest BCUT2D eigenvalue weighted by atomic mass is 9.93. The molecule has 3 aromatic rings. The Balaban J connectivity index is 2.28. The fourth-order valence-corrected chi connectivity index (χ4v) is 8.08. The van der Waals surface area contributed by atoms with Gasteiger partial charge in [0.25, 0.3) is 0 Å². The molecule has 0 radical (unpaired) electrons. The zero-order valence-electron chi connectivity index (χ0n) is 18.2. The highest BCUT2D eigenvalue weighted by Crippen LogP contribution is 2.44. The zero-order valence-corrected chi connectivity index (χ0v) is 19.9. The van der Waals surface area contributed by atoms with Crippen molar-refractivity contribution >= 4 is 32.1 Å². The molecule has 1 nitrogen and oxygen atoms in total. The van der Waals surface area contributed by atoms with Crippen molar-refractivity contribution in [1.29, 1.82) is 0 Å². The highest BCUT2D eigenvalue weighted by atomic mass is 31.1. The van der Waals surface area contributed by atoms with Gasteiger partial charge in [0.05, 0.1) is 0 Å². The van der Waals surface area contributed by atoms with Crippen LogP contribution in [-0.2, 0) is 0 Å². The van der Waals surface area contributed by atoms with Crippen LogP contribution in [0.5, 0.6) is 0 Å². The summed E-state index contributed by atoms with van der Waals surface area (Å²) in [5.41, 5.74) is 12.7. The Morgan fingerprint density at radius 3 is 1.55 bits per heavy atom. The van der Waals surface area contributed by atoms with Crippen LogP contribution in [-0.4, -0.2) is 24.6 Å². The van der Waals surface area contributed by atoms with Crippen LogP contribution in [0.1, 0.15) is 27.7 Å². The standard InChI is InChI=1S/C26H33NP2/c1-5-28(6-2)24-18-11-9-14-20(24)21-16-13-17-23(27)26(21)22-15-10-12-19-25(22)29(7-3)8-4/h9-19H,5-8,27H2,1-4H3. The molecule has 29 heavy (non-hydrogen) atoms. The second-order valence-corrected chi connectivity index (χ2v) is 12.8. The van der Waals surface area contributed by atoms with Crippen molar-refractivity contribution in [1.82, 2.24) is 0 Å². The first-order chi connectivity index (χ1) is 14.2. The minimum atomic E-state index is -0.167. The molecule has 0 atom stereocenters. The van der Waals surface area contributed by atoms with E-state index in [2.05, 4.69) is 94.4 Å². The summed E-state index contributed by atoms with van der Waals surface area (Å²) in [5.74, 6) is 0. The van der Waals surface area contributed by atoms with Crippen molar-refractivity contribution in [3.8, 4) is 22.3 Å². The molecule has 3 aromatic carbocycles. The van der Waals surface area contributed by atoms with Crippen LogP contribution < -0.4 is 16.3 Å².